The second-order valence-electron chi connectivity index (χ2n) is 5.13. The predicted octanol–water partition coefficient (Wildman–Crippen LogP) is 4.45. The molecule has 0 aliphatic heterocycles. The third-order valence-corrected chi connectivity index (χ3v) is 4.59. The number of nitrogens with zero attached hydrogens (tertiary/aromatic N) is 1. The van der Waals surface area contributed by atoms with Crippen LogP contribution < -0.4 is 4.74 Å². The van der Waals surface area contributed by atoms with Crippen molar-refractivity contribution in [3.63, 3.8) is 0 Å². The lowest BCUT2D eigenvalue weighted by atomic mass is 10.1. The molecule has 7 heteroatoms. The number of methoxy groups -OCH3 is 1. The summed E-state index contributed by atoms with van der Waals surface area (Å²) >= 11 is 13.5. The lowest BCUT2D eigenvalue weighted by molar-refractivity contribution is 0.0600. The monoisotopic (exact) mass is 373 g/mol. The van der Waals surface area contributed by atoms with Crippen molar-refractivity contribution in [1.82, 2.24) is 4.90 Å². The minimum atomic E-state index is -0.429. The number of carbonyl (C=O) groups is 1. The zero-order chi connectivity index (χ0) is 17.0. The molecule has 2 rings (SSSR count). The minimum absolute atomic E-state index is 0.406. The highest BCUT2D eigenvalue weighted by atomic mass is 35.5. The summed E-state index contributed by atoms with van der Waals surface area (Å²) in [6, 6.07) is 6.99. The van der Waals surface area contributed by atoms with E-state index in [-0.39, 0.29) is 0 Å². The van der Waals surface area contributed by atoms with Crippen LogP contribution in [-0.2, 0) is 4.74 Å². The van der Waals surface area contributed by atoms with Crippen molar-refractivity contribution in [1.29, 1.82) is 0 Å². The smallest absolute Gasteiger partial charge is 0.338 e. The van der Waals surface area contributed by atoms with E-state index in [2.05, 4.69) is 0 Å². The molecule has 0 fully saturated rings. The summed E-state index contributed by atoms with van der Waals surface area (Å²) in [5.41, 5.74) is 1.94. The molecule has 0 amide bonds. The number of esters is 1. The van der Waals surface area contributed by atoms with Gasteiger partial charge in [-0.1, -0.05) is 23.2 Å². The molecule has 1 heterocycles. The fourth-order valence-corrected chi connectivity index (χ4v) is 3.46. The predicted molar refractivity (Wildman–Crippen MR) is 95.2 cm³/mol. The van der Waals surface area contributed by atoms with Gasteiger partial charge in [0.25, 0.3) is 0 Å². The largest absolute Gasteiger partial charge is 0.492 e. The van der Waals surface area contributed by atoms with E-state index in [0.29, 0.717) is 26.6 Å². The average Bonchev–Trinajstić information content (AvgIpc) is 2.84. The van der Waals surface area contributed by atoms with E-state index < -0.39 is 5.97 Å². The van der Waals surface area contributed by atoms with Crippen LogP contribution in [0.3, 0.4) is 0 Å². The summed E-state index contributed by atoms with van der Waals surface area (Å²) in [5, 5.41) is 0. The van der Waals surface area contributed by atoms with Gasteiger partial charge in [-0.25, -0.2) is 4.79 Å². The van der Waals surface area contributed by atoms with Crippen molar-refractivity contribution in [2.24, 2.45) is 0 Å². The zero-order valence-corrected chi connectivity index (χ0v) is 15.4. The Hall–Kier alpha value is -1.27. The number of hydrogen-bond donors (Lipinski definition) is 0. The van der Waals surface area contributed by atoms with Crippen molar-refractivity contribution >= 4 is 40.5 Å². The SMILES string of the molecule is COC(=O)c1cc(OCCN(C)C)cc(-c2cc(Cl)sc2Cl)c1. The Morgan fingerprint density at radius 3 is 2.52 bits per heavy atom. The molecule has 1 aromatic heterocycles. The number of benzene rings is 1. The van der Waals surface area contributed by atoms with Crippen molar-refractivity contribution in [3.8, 4) is 16.9 Å². The Labute approximate surface area is 149 Å². The van der Waals surface area contributed by atoms with E-state index in [9.17, 15) is 4.79 Å². The molecular formula is C16H17Cl2NO3S. The van der Waals surface area contributed by atoms with E-state index in [1.54, 1.807) is 18.2 Å². The molecule has 23 heavy (non-hydrogen) atoms. The Kier molecular flexibility index (Phi) is 6.30. The maximum absolute atomic E-state index is 11.9. The summed E-state index contributed by atoms with van der Waals surface area (Å²) in [6.45, 7) is 1.28. The first kappa shape index (κ1) is 18.1. The average molecular weight is 374 g/mol. The third-order valence-electron chi connectivity index (χ3n) is 3.10. The summed E-state index contributed by atoms with van der Waals surface area (Å²) in [5.74, 6) is 0.157. The van der Waals surface area contributed by atoms with Gasteiger partial charge in [0.1, 0.15) is 16.7 Å². The van der Waals surface area contributed by atoms with Gasteiger partial charge < -0.3 is 14.4 Å². The highest BCUT2D eigenvalue weighted by molar-refractivity contribution is 7.20. The number of halogens is 2. The molecule has 0 aliphatic rings. The van der Waals surface area contributed by atoms with Crippen LogP contribution in [0.25, 0.3) is 11.1 Å². The van der Waals surface area contributed by atoms with Crippen LogP contribution in [0.5, 0.6) is 5.75 Å². The van der Waals surface area contributed by atoms with E-state index in [1.807, 2.05) is 25.1 Å². The van der Waals surface area contributed by atoms with Gasteiger partial charge in [-0.15, -0.1) is 11.3 Å². The van der Waals surface area contributed by atoms with Gasteiger partial charge in [-0.3, -0.25) is 0 Å². The number of hydrogen-bond acceptors (Lipinski definition) is 5. The molecular weight excluding hydrogens is 357 g/mol. The highest BCUT2D eigenvalue weighted by Crippen LogP contribution is 2.39. The Morgan fingerprint density at radius 1 is 1.22 bits per heavy atom. The molecule has 0 radical (unpaired) electrons. The molecule has 0 saturated carbocycles. The lowest BCUT2D eigenvalue weighted by Crippen LogP contribution is -2.19. The summed E-state index contributed by atoms with van der Waals surface area (Å²) < 4.78 is 11.7. The fraction of sp³-hybridized carbons (Fsp3) is 0.312. The maximum Gasteiger partial charge on any atom is 0.338 e. The molecule has 0 atom stereocenters. The van der Waals surface area contributed by atoms with Gasteiger partial charge >= 0.3 is 5.97 Å². The van der Waals surface area contributed by atoms with E-state index in [1.165, 1.54) is 18.4 Å². The van der Waals surface area contributed by atoms with Crippen LogP contribution in [0.15, 0.2) is 24.3 Å². The van der Waals surface area contributed by atoms with Crippen LogP contribution in [-0.4, -0.2) is 45.2 Å². The molecule has 1 aromatic carbocycles. The van der Waals surface area contributed by atoms with Gasteiger partial charge in [0.2, 0.25) is 0 Å². The second-order valence-corrected chi connectivity index (χ2v) is 7.41. The van der Waals surface area contributed by atoms with Crippen molar-refractivity contribution < 1.29 is 14.3 Å². The first-order chi connectivity index (χ1) is 10.9. The van der Waals surface area contributed by atoms with Crippen molar-refractivity contribution in [2.45, 2.75) is 0 Å². The van der Waals surface area contributed by atoms with Gasteiger partial charge in [-0.05, 0) is 43.9 Å². The maximum atomic E-state index is 11.9. The number of rotatable bonds is 6. The van der Waals surface area contributed by atoms with E-state index in [0.717, 1.165) is 17.7 Å². The molecule has 2 aromatic rings. The normalized spacial score (nSPS) is 10.9. The summed E-state index contributed by atoms with van der Waals surface area (Å²) in [7, 11) is 5.27. The molecule has 0 spiro atoms. The minimum Gasteiger partial charge on any atom is -0.492 e. The van der Waals surface area contributed by atoms with Crippen LogP contribution in [0.4, 0.5) is 0 Å². The summed E-state index contributed by atoms with van der Waals surface area (Å²) in [6.07, 6.45) is 0. The highest BCUT2D eigenvalue weighted by Gasteiger charge is 2.14. The molecule has 0 aliphatic carbocycles. The lowest BCUT2D eigenvalue weighted by Gasteiger charge is -2.13. The molecule has 0 bridgehead atoms. The molecule has 0 saturated heterocycles. The quantitative estimate of drug-likeness (QED) is 0.701. The third kappa shape index (κ3) is 4.85. The first-order valence-corrected chi connectivity index (χ1v) is 8.44. The second kappa shape index (κ2) is 8.02. The molecule has 0 N–H and O–H groups in total. The standard InChI is InChI=1S/C16H17Cl2NO3S/c1-19(2)4-5-22-12-7-10(6-11(8-12)16(20)21-3)13-9-14(17)23-15(13)18/h6-9H,4-5H2,1-3H3. The van der Waals surface area contributed by atoms with Gasteiger partial charge in [0.05, 0.1) is 17.0 Å². The van der Waals surface area contributed by atoms with Crippen molar-refractivity contribution in [2.75, 3.05) is 34.4 Å². The molecule has 4 nitrogen and oxygen atoms in total. The topological polar surface area (TPSA) is 38.8 Å². The van der Waals surface area contributed by atoms with Gasteiger partial charge in [-0.2, -0.15) is 0 Å². The number of likely N-dealkylation sites (N-methyl/N-ethyl adjacent to an activating group) is 1. The number of carbonyl (C=O) groups excluding carboxylic acids is 1. The zero-order valence-electron chi connectivity index (χ0n) is 13.1. The van der Waals surface area contributed by atoms with Crippen LogP contribution in [0.1, 0.15) is 10.4 Å². The number of thiophene rings is 1. The van der Waals surface area contributed by atoms with Crippen molar-refractivity contribution in [3.05, 3.63) is 38.5 Å². The van der Waals surface area contributed by atoms with Gasteiger partial charge in [0, 0.05) is 12.1 Å². The Balaban J connectivity index is 2.37. The van der Waals surface area contributed by atoms with Crippen LogP contribution >= 0.6 is 34.5 Å². The van der Waals surface area contributed by atoms with Crippen LogP contribution in [0, 0.1) is 0 Å². The number of ether oxygens (including phenoxy) is 2. The van der Waals surface area contributed by atoms with Crippen LogP contribution in [0.2, 0.25) is 8.67 Å². The molecule has 0 unspecified atom stereocenters. The van der Waals surface area contributed by atoms with E-state index in [4.69, 9.17) is 32.7 Å². The Morgan fingerprint density at radius 2 is 1.96 bits per heavy atom. The molecule has 124 valence electrons. The van der Waals surface area contributed by atoms with Gasteiger partial charge in [0.15, 0.2) is 0 Å². The van der Waals surface area contributed by atoms with E-state index >= 15 is 0 Å². The first-order valence-electron chi connectivity index (χ1n) is 6.87. The summed E-state index contributed by atoms with van der Waals surface area (Å²) in [4.78, 5) is 13.9. The Bertz CT molecular complexity index is 701. The fourth-order valence-electron chi connectivity index (χ4n) is 1.96.